The highest BCUT2D eigenvalue weighted by Gasteiger charge is 2.21. The lowest BCUT2D eigenvalue weighted by Crippen LogP contribution is -2.33. The molecule has 0 aliphatic carbocycles. The average molecular weight is 377 g/mol. The minimum Gasteiger partial charge on any atom is -0.493 e. The van der Waals surface area contributed by atoms with Gasteiger partial charge in [-0.3, -0.25) is 5.32 Å². The molecule has 0 aromatic carbocycles. The van der Waals surface area contributed by atoms with Crippen LogP contribution in [0, 0.1) is 0 Å². The van der Waals surface area contributed by atoms with E-state index in [4.69, 9.17) is 14.6 Å². The second kappa shape index (κ2) is 8.75. The van der Waals surface area contributed by atoms with Crippen molar-refractivity contribution in [1.82, 2.24) is 9.88 Å². The molecule has 2 heterocycles. The Balaban J connectivity index is 2.20. The first-order valence-electron chi connectivity index (χ1n) is 8.99. The van der Waals surface area contributed by atoms with Crippen LogP contribution < -0.4 is 10.1 Å². The number of carboxylic acid groups (broad SMARTS) is 1. The van der Waals surface area contributed by atoms with Crippen molar-refractivity contribution in [3.05, 3.63) is 23.9 Å². The maximum Gasteiger partial charge on any atom is 0.413 e. The number of hydrogen-bond donors (Lipinski definition) is 2. The minimum atomic E-state index is -0.928. The van der Waals surface area contributed by atoms with Gasteiger partial charge < -0.3 is 19.5 Å². The number of nitrogens with one attached hydrogen (secondary N) is 1. The molecule has 0 spiro atoms. The van der Waals surface area contributed by atoms with E-state index in [2.05, 4.69) is 10.3 Å². The maximum atomic E-state index is 12.0. The first-order valence-corrected chi connectivity index (χ1v) is 8.99. The molecule has 148 valence electrons. The summed E-state index contributed by atoms with van der Waals surface area (Å²) in [5.74, 6) is 0.940. The quantitative estimate of drug-likeness (QED) is 0.805. The monoisotopic (exact) mass is 377 g/mol. The van der Waals surface area contributed by atoms with Crippen LogP contribution in [0.3, 0.4) is 0 Å². The van der Waals surface area contributed by atoms with Gasteiger partial charge in [0.1, 0.15) is 17.2 Å². The van der Waals surface area contributed by atoms with Crippen molar-refractivity contribution in [3.63, 3.8) is 0 Å². The Labute approximate surface area is 159 Å². The predicted molar refractivity (Wildman–Crippen MR) is 102 cm³/mol. The summed E-state index contributed by atoms with van der Waals surface area (Å²) in [5.41, 5.74) is 1.19. The number of rotatable bonds is 5. The molecule has 1 aliphatic heterocycles. The van der Waals surface area contributed by atoms with Crippen molar-refractivity contribution in [2.45, 2.75) is 46.1 Å². The Morgan fingerprint density at radius 3 is 2.67 bits per heavy atom. The number of aromatic nitrogens is 1. The van der Waals surface area contributed by atoms with Gasteiger partial charge in [-0.05, 0) is 39.2 Å². The lowest BCUT2D eigenvalue weighted by molar-refractivity contribution is 0.0635. The third-order valence-corrected chi connectivity index (χ3v) is 3.78. The largest absolute Gasteiger partial charge is 0.493 e. The molecule has 8 heteroatoms. The highest BCUT2D eigenvalue weighted by molar-refractivity contribution is 5.84. The van der Waals surface area contributed by atoms with Crippen LogP contribution in [-0.2, 0) is 4.74 Å². The van der Waals surface area contributed by atoms with Gasteiger partial charge in [-0.15, -0.1) is 0 Å². The maximum absolute atomic E-state index is 12.0. The number of hydrogen-bond acceptors (Lipinski definition) is 5. The van der Waals surface area contributed by atoms with Crippen LogP contribution in [0.1, 0.15) is 46.1 Å². The molecule has 0 saturated heterocycles. The molecule has 1 aliphatic rings. The minimum absolute atomic E-state index is 0.329. The van der Waals surface area contributed by atoms with Crippen LogP contribution in [0.2, 0.25) is 0 Å². The van der Waals surface area contributed by atoms with Gasteiger partial charge in [0.25, 0.3) is 0 Å². The van der Waals surface area contributed by atoms with Crippen LogP contribution >= 0.6 is 0 Å². The predicted octanol–water partition coefficient (Wildman–Crippen LogP) is 3.98. The van der Waals surface area contributed by atoms with E-state index >= 15 is 0 Å². The van der Waals surface area contributed by atoms with Crippen molar-refractivity contribution in [2.75, 3.05) is 25.0 Å². The fourth-order valence-corrected chi connectivity index (χ4v) is 2.57. The summed E-state index contributed by atoms with van der Waals surface area (Å²) in [5, 5.41) is 11.7. The van der Waals surface area contributed by atoms with Gasteiger partial charge in [0, 0.05) is 30.9 Å². The Morgan fingerprint density at radius 1 is 1.37 bits per heavy atom. The number of amides is 2. The Hall–Kier alpha value is -2.77. The molecular formula is C19H27N3O5. The van der Waals surface area contributed by atoms with E-state index < -0.39 is 17.8 Å². The molecule has 2 N–H and O–H groups in total. The van der Waals surface area contributed by atoms with Gasteiger partial charge >= 0.3 is 12.2 Å². The molecule has 0 fully saturated rings. The smallest absolute Gasteiger partial charge is 0.413 e. The zero-order valence-corrected chi connectivity index (χ0v) is 16.2. The number of carbonyl (C=O) groups excluding carboxylic acids is 1. The summed E-state index contributed by atoms with van der Waals surface area (Å²) in [4.78, 5) is 28.6. The number of pyridine rings is 1. The summed E-state index contributed by atoms with van der Waals surface area (Å²) >= 11 is 0. The Bertz CT molecular complexity index is 725. The molecule has 0 saturated carbocycles. The molecule has 1 aromatic rings. The number of nitrogens with zero attached hydrogens (tertiary/aromatic N) is 2. The third kappa shape index (κ3) is 6.16. The highest BCUT2D eigenvalue weighted by atomic mass is 16.6. The van der Waals surface area contributed by atoms with Crippen LogP contribution in [0.25, 0.3) is 5.57 Å². The van der Waals surface area contributed by atoms with Crippen LogP contribution in [-0.4, -0.2) is 52.5 Å². The summed E-state index contributed by atoms with van der Waals surface area (Å²) in [6, 6.07) is 1.67. The molecule has 8 nitrogen and oxygen atoms in total. The summed E-state index contributed by atoms with van der Waals surface area (Å²) < 4.78 is 11.1. The lowest BCUT2D eigenvalue weighted by Gasteiger charge is -2.25. The molecule has 27 heavy (non-hydrogen) atoms. The van der Waals surface area contributed by atoms with Gasteiger partial charge in [-0.25, -0.2) is 14.6 Å². The molecule has 2 rings (SSSR count). The molecule has 0 bridgehead atoms. The molecule has 0 unspecified atom stereocenters. The van der Waals surface area contributed by atoms with E-state index in [1.165, 1.54) is 4.90 Å². The topological polar surface area (TPSA) is 101 Å². The van der Waals surface area contributed by atoms with Crippen LogP contribution in [0.5, 0.6) is 5.75 Å². The van der Waals surface area contributed by atoms with Gasteiger partial charge in [0.2, 0.25) is 0 Å². The number of anilines is 1. The van der Waals surface area contributed by atoms with Crippen molar-refractivity contribution in [3.8, 4) is 5.75 Å². The normalized spacial score (nSPS) is 14.4. The van der Waals surface area contributed by atoms with Gasteiger partial charge in [0.05, 0.1) is 6.61 Å². The summed E-state index contributed by atoms with van der Waals surface area (Å²) in [6.45, 7) is 8.64. The molecular weight excluding hydrogens is 350 g/mol. The second-order valence-electron chi connectivity index (χ2n) is 7.25. The Morgan fingerprint density at radius 2 is 2.11 bits per heavy atom. The van der Waals surface area contributed by atoms with E-state index in [0.29, 0.717) is 37.7 Å². The lowest BCUT2D eigenvalue weighted by atomic mass is 10.0. The van der Waals surface area contributed by atoms with Gasteiger partial charge in [-0.2, -0.15) is 0 Å². The van der Waals surface area contributed by atoms with E-state index in [-0.39, 0.29) is 0 Å². The molecule has 0 radical (unpaired) electrons. The fourth-order valence-electron chi connectivity index (χ4n) is 2.57. The first-order chi connectivity index (χ1) is 12.7. The summed E-state index contributed by atoms with van der Waals surface area (Å²) in [7, 11) is 0. The highest BCUT2D eigenvalue weighted by Crippen LogP contribution is 2.32. The zero-order chi connectivity index (χ0) is 20.0. The van der Waals surface area contributed by atoms with Crippen molar-refractivity contribution in [1.29, 1.82) is 0 Å². The van der Waals surface area contributed by atoms with Crippen molar-refractivity contribution < 1.29 is 24.2 Å². The van der Waals surface area contributed by atoms with Crippen LogP contribution in [0.15, 0.2) is 18.3 Å². The number of carbonyl (C=O) groups is 2. The zero-order valence-electron chi connectivity index (χ0n) is 16.2. The SMILES string of the molecule is CCCOc1cc(NC(=O)OC(C)(C)C)ncc1C1=CCN(C(=O)O)CC1. The summed E-state index contributed by atoms with van der Waals surface area (Å²) in [6.07, 6.45) is 3.41. The standard InChI is InChI=1S/C19H27N3O5/c1-5-10-26-15-11-16(21-17(23)27-19(2,3)4)20-12-14(15)13-6-8-22(9-7-13)18(24)25/h6,11-12H,5,7-10H2,1-4H3,(H,24,25)(H,20,21,23). The van der Waals surface area contributed by atoms with E-state index in [0.717, 1.165) is 17.6 Å². The van der Waals surface area contributed by atoms with E-state index in [1.54, 1.807) is 33.0 Å². The van der Waals surface area contributed by atoms with E-state index in [1.807, 2.05) is 13.0 Å². The first kappa shape index (κ1) is 20.5. The van der Waals surface area contributed by atoms with E-state index in [9.17, 15) is 9.59 Å². The van der Waals surface area contributed by atoms with Gasteiger partial charge in [-0.1, -0.05) is 13.0 Å². The molecule has 0 atom stereocenters. The number of ether oxygens (including phenoxy) is 2. The van der Waals surface area contributed by atoms with Crippen molar-refractivity contribution >= 4 is 23.6 Å². The van der Waals surface area contributed by atoms with Crippen LogP contribution in [0.4, 0.5) is 15.4 Å². The Kier molecular flexibility index (Phi) is 6.65. The van der Waals surface area contributed by atoms with Crippen molar-refractivity contribution in [2.24, 2.45) is 0 Å². The third-order valence-electron chi connectivity index (χ3n) is 3.78. The molecule has 1 aromatic heterocycles. The molecule has 2 amide bonds. The second-order valence-corrected chi connectivity index (χ2v) is 7.25. The fraction of sp³-hybridized carbons (Fsp3) is 0.526. The van der Waals surface area contributed by atoms with Gasteiger partial charge in [0.15, 0.2) is 0 Å². The average Bonchev–Trinajstić information content (AvgIpc) is 2.58.